The zero-order chi connectivity index (χ0) is 20.0. The van der Waals surface area contributed by atoms with Crippen LogP contribution in [-0.2, 0) is 21.6 Å². The molecule has 0 radical (unpaired) electrons. The number of halogens is 1. The van der Waals surface area contributed by atoms with Crippen molar-refractivity contribution in [2.45, 2.75) is 32.8 Å². The number of carbonyl (C=O) groups excluding carboxylic acids is 2. The molecular weight excluding hydrogens is 349 g/mol. The van der Waals surface area contributed by atoms with Gasteiger partial charge in [0.2, 0.25) is 0 Å². The lowest BCUT2D eigenvalue weighted by Gasteiger charge is -2.19. The molecule has 0 aliphatic rings. The van der Waals surface area contributed by atoms with E-state index in [9.17, 15) is 14.0 Å². The number of carbonyl (C=O) groups is 2. The molecule has 144 valence electrons. The smallest absolute Gasteiger partial charge is 0.325 e. The summed E-state index contributed by atoms with van der Waals surface area (Å²) < 4.78 is 23.5. The number of amides is 1. The molecule has 0 fully saturated rings. The summed E-state index contributed by atoms with van der Waals surface area (Å²) in [7, 11) is 1.45. The molecule has 1 N–H and O–H groups in total. The molecule has 0 aliphatic carbocycles. The molecule has 5 nitrogen and oxygen atoms in total. The number of esters is 1. The van der Waals surface area contributed by atoms with Gasteiger partial charge in [0.05, 0.1) is 7.11 Å². The minimum absolute atomic E-state index is 0.00319. The van der Waals surface area contributed by atoms with Gasteiger partial charge in [-0.05, 0) is 41.3 Å². The summed E-state index contributed by atoms with van der Waals surface area (Å²) in [6.07, 6.45) is 0. The molecule has 0 spiro atoms. The summed E-state index contributed by atoms with van der Waals surface area (Å²) >= 11 is 0. The summed E-state index contributed by atoms with van der Waals surface area (Å²) in [5.41, 5.74) is 1.98. The lowest BCUT2D eigenvalue weighted by Crippen LogP contribution is -2.30. The Hall–Kier alpha value is -2.89. The zero-order valence-electron chi connectivity index (χ0n) is 16.0. The first-order chi connectivity index (χ1) is 12.7. The third-order valence-corrected chi connectivity index (χ3v) is 4.04. The van der Waals surface area contributed by atoms with E-state index in [1.807, 2.05) is 12.1 Å². The van der Waals surface area contributed by atoms with E-state index in [0.29, 0.717) is 16.9 Å². The molecular formula is C21H24FNO4. The van der Waals surface area contributed by atoms with E-state index in [2.05, 4.69) is 26.1 Å². The van der Waals surface area contributed by atoms with Crippen LogP contribution in [0, 0.1) is 5.82 Å². The Kier molecular flexibility index (Phi) is 6.55. The Bertz CT molecular complexity index is 810. The van der Waals surface area contributed by atoms with Gasteiger partial charge in [0.25, 0.3) is 5.91 Å². The van der Waals surface area contributed by atoms with Crippen LogP contribution < -0.4 is 10.1 Å². The first-order valence-electron chi connectivity index (χ1n) is 8.57. The van der Waals surface area contributed by atoms with Gasteiger partial charge in [-0.15, -0.1) is 0 Å². The second-order valence-electron chi connectivity index (χ2n) is 7.13. The first kappa shape index (κ1) is 20.4. The van der Waals surface area contributed by atoms with Gasteiger partial charge in [-0.3, -0.25) is 9.59 Å². The van der Waals surface area contributed by atoms with Crippen molar-refractivity contribution in [1.29, 1.82) is 0 Å². The fourth-order valence-electron chi connectivity index (χ4n) is 2.45. The van der Waals surface area contributed by atoms with Crippen molar-refractivity contribution >= 4 is 11.9 Å². The molecule has 0 atom stereocenters. The number of rotatable bonds is 6. The fourth-order valence-corrected chi connectivity index (χ4v) is 2.45. The minimum Gasteiger partial charge on any atom is -0.496 e. The fraction of sp³-hybridized carbons (Fsp3) is 0.333. The topological polar surface area (TPSA) is 64.6 Å². The SMILES string of the molecule is COc1ccc(F)cc1COC(=O)CNC(=O)c1ccc(C(C)(C)C)cc1. The van der Waals surface area contributed by atoms with Gasteiger partial charge in [0, 0.05) is 11.1 Å². The van der Waals surface area contributed by atoms with Crippen molar-refractivity contribution in [2.75, 3.05) is 13.7 Å². The van der Waals surface area contributed by atoms with Crippen LogP contribution in [0.2, 0.25) is 0 Å². The van der Waals surface area contributed by atoms with Crippen molar-refractivity contribution in [3.8, 4) is 5.75 Å². The number of hydrogen-bond donors (Lipinski definition) is 1. The average molecular weight is 373 g/mol. The van der Waals surface area contributed by atoms with Crippen molar-refractivity contribution in [3.05, 3.63) is 65.0 Å². The van der Waals surface area contributed by atoms with Crippen molar-refractivity contribution in [2.24, 2.45) is 0 Å². The Morgan fingerprint density at radius 1 is 1.07 bits per heavy atom. The number of benzene rings is 2. The van der Waals surface area contributed by atoms with Gasteiger partial charge in [0.15, 0.2) is 0 Å². The molecule has 2 aromatic carbocycles. The Morgan fingerprint density at radius 2 is 1.74 bits per heavy atom. The number of methoxy groups -OCH3 is 1. The number of nitrogens with one attached hydrogen (secondary N) is 1. The third kappa shape index (κ3) is 5.81. The van der Waals surface area contributed by atoms with Crippen molar-refractivity contribution < 1.29 is 23.5 Å². The van der Waals surface area contributed by atoms with Crippen molar-refractivity contribution in [3.63, 3.8) is 0 Å². The zero-order valence-corrected chi connectivity index (χ0v) is 16.0. The molecule has 0 saturated heterocycles. The van der Waals surface area contributed by atoms with Crippen LogP contribution in [0.15, 0.2) is 42.5 Å². The van der Waals surface area contributed by atoms with E-state index < -0.39 is 11.8 Å². The largest absolute Gasteiger partial charge is 0.496 e. The maximum absolute atomic E-state index is 13.3. The molecule has 27 heavy (non-hydrogen) atoms. The normalized spacial score (nSPS) is 11.0. The molecule has 1 amide bonds. The summed E-state index contributed by atoms with van der Waals surface area (Å²) in [6, 6.07) is 11.2. The van der Waals surface area contributed by atoms with Gasteiger partial charge < -0.3 is 14.8 Å². The quantitative estimate of drug-likeness (QED) is 0.786. The lowest BCUT2D eigenvalue weighted by molar-refractivity contribution is -0.143. The number of ether oxygens (including phenoxy) is 2. The van der Waals surface area contributed by atoms with E-state index in [4.69, 9.17) is 9.47 Å². The van der Waals surface area contributed by atoms with E-state index in [1.165, 1.54) is 25.3 Å². The van der Waals surface area contributed by atoms with Crippen LogP contribution in [0.4, 0.5) is 4.39 Å². The summed E-state index contributed by atoms with van der Waals surface area (Å²) in [4.78, 5) is 24.0. The Morgan fingerprint density at radius 3 is 2.33 bits per heavy atom. The highest BCUT2D eigenvalue weighted by Crippen LogP contribution is 2.22. The molecule has 0 heterocycles. The van der Waals surface area contributed by atoms with Gasteiger partial charge in [-0.25, -0.2) is 4.39 Å². The molecule has 0 saturated carbocycles. The van der Waals surface area contributed by atoms with Crippen LogP contribution >= 0.6 is 0 Å². The van der Waals surface area contributed by atoms with Gasteiger partial charge >= 0.3 is 5.97 Å². The van der Waals surface area contributed by atoms with E-state index in [1.54, 1.807) is 12.1 Å². The molecule has 0 aromatic heterocycles. The standard InChI is InChI=1S/C21H24FNO4/c1-21(2,3)16-7-5-14(6-8-16)20(25)23-12-19(24)27-13-15-11-17(22)9-10-18(15)26-4/h5-11H,12-13H2,1-4H3,(H,23,25). The van der Waals surface area contributed by atoms with Crippen LogP contribution in [-0.4, -0.2) is 25.5 Å². The Balaban J connectivity index is 1.86. The summed E-state index contributed by atoms with van der Waals surface area (Å²) in [5, 5.41) is 2.51. The average Bonchev–Trinajstić information content (AvgIpc) is 2.64. The van der Waals surface area contributed by atoms with Crippen molar-refractivity contribution in [1.82, 2.24) is 5.32 Å². The second-order valence-corrected chi connectivity index (χ2v) is 7.13. The predicted molar refractivity (Wildman–Crippen MR) is 100 cm³/mol. The molecule has 2 aromatic rings. The van der Waals surface area contributed by atoms with Crippen LogP contribution in [0.1, 0.15) is 42.3 Å². The Labute approximate surface area is 158 Å². The second kappa shape index (κ2) is 8.66. The minimum atomic E-state index is -0.624. The van der Waals surface area contributed by atoms with E-state index >= 15 is 0 Å². The molecule has 0 unspecified atom stereocenters. The highest BCUT2D eigenvalue weighted by Gasteiger charge is 2.15. The van der Waals surface area contributed by atoms with Gasteiger partial charge in [-0.1, -0.05) is 32.9 Å². The molecule has 0 aliphatic heterocycles. The highest BCUT2D eigenvalue weighted by molar-refractivity contribution is 5.95. The molecule has 2 rings (SSSR count). The highest BCUT2D eigenvalue weighted by atomic mass is 19.1. The molecule has 0 bridgehead atoms. The van der Waals surface area contributed by atoms with Crippen LogP contribution in [0.5, 0.6) is 5.75 Å². The van der Waals surface area contributed by atoms with E-state index in [-0.39, 0.29) is 24.5 Å². The van der Waals surface area contributed by atoms with Gasteiger partial charge in [-0.2, -0.15) is 0 Å². The van der Waals surface area contributed by atoms with E-state index in [0.717, 1.165) is 5.56 Å². The predicted octanol–water partition coefficient (Wildman–Crippen LogP) is 3.61. The lowest BCUT2D eigenvalue weighted by atomic mass is 9.87. The monoisotopic (exact) mass is 373 g/mol. The summed E-state index contributed by atoms with van der Waals surface area (Å²) in [5.74, 6) is -1.02. The van der Waals surface area contributed by atoms with Crippen LogP contribution in [0.3, 0.4) is 0 Å². The third-order valence-electron chi connectivity index (χ3n) is 4.04. The number of hydrogen-bond acceptors (Lipinski definition) is 4. The summed E-state index contributed by atoms with van der Waals surface area (Å²) in [6.45, 7) is 5.84. The van der Waals surface area contributed by atoms with Gasteiger partial charge in [0.1, 0.15) is 24.7 Å². The first-order valence-corrected chi connectivity index (χ1v) is 8.57. The maximum atomic E-state index is 13.3. The maximum Gasteiger partial charge on any atom is 0.325 e. The molecule has 6 heteroatoms. The van der Waals surface area contributed by atoms with Crippen LogP contribution in [0.25, 0.3) is 0 Å².